The van der Waals surface area contributed by atoms with Crippen molar-refractivity contribution in [3.8, 4) is 61.5 Å². The fourth-order valence-electron chi connectivity index (χ4n) is 7.78. The van der Waals surface area contributed by atoms with E-state index >= 15 is 0 Å². The molecule has 3 aromatic heterocycles. The first kappa shape index (κ1) is 29.9. The molecule has 1 aliphatic carbocycles. The highest BCUT2D eigenvalue weighted by atomic mass is 32.1. The first-order valence-corrected chi connectivity index (χ1v) is 18.6. The second kappa shape index (κ2) is 11.9. The predicted molar refractivity (Wildman–Crippen MR) is 217 cm³/mol. The third-order valence-corrected chi connectivity index (χ3v) is 11.4. The van der Waals surface area contributed by atoms with Gasteiger partial charge in [0, 0.05) is 38.7 Å². The van der Waals surface area contributed by atoms with Gasteiger partial charge in [-0.3, -0.25) is 0 Å². The van der Waals surface area contributed by atoms with E-state index in [2.05, 4.69) is 108 Å². The van der Waals surface area contributed by atoms with E-state index in [-0.39, 0.29) is 0 Å². The molecule has 10 aromatic rings. The molecule has 11 rings (SSSR count). The Morgan fingerprint density at radius 1 is 0.434 bits per heavy atom. The molecule has 1 aliphatic rings. The molecule has 0 spiro atoms. The fourth-order valence-corrected chi connectivity index (χ4v) is 8.72. The van der Waals surface area contributed by atoms with Gasteiger partial charge in [-0.15, -0.1) is 11.3 Å². The molecule has 3 heterocycles. The third kappa shape index (κ3) is 4.99. The molecule has 53 heavy (non-hydrogen) atoms. The number of nitrogens with zero attached hydrogens (tertiary/aromatic N) is 5. The molecule has 0 saturated carbocycles. The van der Waals surface area contributed by atoms with Crippen LogP contribution in [0.2, 0.25) is 0 Å². The maximum absolute atomic E-state index is 5.19. The van der Waals surface area contributed by atoms with Crippen LogP contribution in [-0.4, -0.2) is 24.5 Å². The van der Waals surface area contributed by atoms with Crippen LogP contribution in [0, 0.1) is 0 Å². The van der Waals surface area contributed by atoms with Crippen molar-refractivity contribution in [2.75, 3.05) is 0 Å². The van der Waals surface area contributed by atoms with Crippen LogP contribution < -0.4 is 0 Å². The summed E-state index contributed by atoms with van der Waals surface area (Å²) in [5, 5.41) is 3.51. The normalized spacial score (nSPS) is 12.1. The fraction of sp³-hybridized carbons (Fsp3) is 0.0213. The van der Waals surface area contributed by atoms with Crippen molar-refractivity contribution in [1.29, 1.82) is 0 Å². The zero-order valence-electron chi connectivity index (χ0n) is 28.4. The molecule has 0 N–H and O–H groups in total. The van der Waals surface area contributed by atoms with Crippen LogP contribution in [0.5, 0.6) is 0 Å². The lowest BCUT2D eigenvalue weighted by Gasteiger charge is -2.10. The van der Waals surface area contributed by atoms with Gasteiger partial charge in [-0.1, -0.05) is 115 Å². The van der Waals surface area contributed by atoms with E-state index < -0.39 is 0 Å². The highest BCUT2D eigenvalue weighted by molar-refractivity contribution is 7.21. The minimum absolute atomic E-state index is 0.622. The number of fused-ring (bicyclic) bond motifs is 7. The Morgan fingerprint density at radius 3 is 1.91 bits per heavy atom. The largest absolute Gasteiger partial charge is 0.309 e. The second-order valence-electron chi connectivity index (χ2n) is 13.5. The maximum atomic E-state index is 5.19. The van der Waals surface area contributed by atoms with Crippen molar-refractivity contribution in [2.24, 2.45) is 0 Å². The van der Waals surface area contributed by atoms with Crippen LogP contribution >= 0.6 is 11.3 Å². The summed E-state index contributed by atoms with van der Waals surface area (Å²) in [4.78, 5) is 19.9. The Labute approximate surface area is 309 Å². The first-order chi connectivity index (χ1) is 26.2. The van der Waals surface area contributed by atoms with Crippen LogP contribution in [0.3, 0.4) is 0 Å². The number of rotatable bonds is 5. The van der Waals surface area contributed by atoms with Crippen molar-refractivity contribution < 1.29 is 0 Å². The van der Waals surface area contributed by atoms with Crippen molar-refractivity contribution >= 4 is 43.4 Å². The van der Waals surface area contributed by atoms with Gasteiger partial charge >= 0.3 is 0 Å². The zero-order valence-corrected chi connectivity index (χ0v) is 29.3. The molecular weight excluding hydrogens is 667 g/mol. The first-order valence-electron chi connectivity index (χ1n) is 17.8. The minimum atomic E-state index is 0.622. The number of benzene rings is 7. The molecule has 0 saturated heterocycles. The smallest absolute Gasteiger partial charge is 0.164 e. The third-order valence-electron chi connectivity index (χ3n) is 10.3. The lowest BCUT2D eigenvalue weighted by molar-refractivity contribution is 1.07. The van der Waals surface area contributed by atoms with E-state index in [1.54, 1.807) is 11.3 Å². The van der Waals surface area contributed by atoms with Gasteiger partial charge in [-0.05, 0) is 77.2 Å². The Balaban J connectivity index is 1.01. The van der Waals surface area contributed by atoms with E-state index in [1.165, 1.54) is 44.1 Å². The van der Waals surface area contributed by atoms with Crippen LogP contribution in [0.4, 0.5) is 0 Å². The van der Waals surface area contributed by atoms with Crippen LogP contribution in [0.15, 0.2) is 164 Å². The van der Waals surface area contributed by atoms with Gasteiger partial charge in [0.15, 0.2) is 17.5 Å². The predicted octanol–water partition coefficient (Wildman–Crippen LogP) is 11.8. The highest BCUT2D eigenvalue weighted by Crippen LogP contribution is 2.43. The SMILES string of the molecule is c1ccc(-c2nc(-c3ccccc3)nc(-c3ccc4sc(-c5cccc(-n6c7ccccc7c7cc8c(cc76)Cc6ccccc6-8)c5)nc4c3)n2)cc1. The molecular formula is C47H29N5S. The average molecular weight is 696 g/mol. The maximum Gasteiger partial charge on any atom is 0.164 e. The Bertz CT molecular complexity index is 2980. The van der Waals surface area contributed by atoms with E-state index in [1.807, 2.05) is 60.7 Å². The minimum Gasteiger partial charge on any atom is -0.309 e. The number of thiazole rings is 1. The van der Waals surface area contributed by atoms with Gasteiger partial charge in [-0.2, -0.15) is 0 Å². The highest BCUT2D eigenvalue weighted by Gasteiger charge is 2.22. The summed E-state index contributed by atoms with van der Waals surface area (Å²) >= 11 is 1.70. The van der Waals surface area contributed by atoms with E-state index in [0.29, 0.717) is 17.5 Å². The molecule has 0 bridgehead atoms. The molecule has 6 heteroatoms. The van der Waals surface area contributed by atoms with E-state index in [9.17, 15) is 0 Å². The lowest BCUT2D eigenvalue weighted by Crippen LogP contribution is -2.00. The number of hydrogen-bond acceptors (Lipinski definition) is 5. The monoisotopic (exact) mass is 695 g/mol. The standard InChI is InChI=1S/C47H29N5S/c1-3-12-29(13-4-1)44-49-45(30-14-5-2-6-15-30)51-46(50-44)32-22-23-43-40(26-32)48-47(53-43)33-17-11-18-35(25-33)52-41-21-10-9-20-37(41)39-28-38-34(27-42(39)52)24-31-16-7-8-19-36(31)38/h1-23,25-28H,24H2. The van der Waals surface area contributed by atoms with Gasteiger partial charge in [0.05, 0.1) is 21.3 Å². The average Bonchev–Trinajstić information content (AvgIpc) is 3.92. The number of para-hydroxylation sites is 1. The number of aromatic nitrogens is 5. The molecule has 0 amide bonds. The van der Waals surface area contributed by atoms with Gasteiger partial charge in [0.25, 0.3) is 0 Å². The van der Waals surface area contributed by atoms with Crippen molar-refractivity contribution in [2.45, 2.75) is 6.42 Å². The van der Waals surface area contributed by atoms with Gasteiger partial charge < -0.3 is 4.57 Å². The summed E-state index contributed by atoms with van der Waals surface area (Å²) in [5.74, 6) is 1.91. The van der Waals surface area contributed by atoms with Crippen molar-refractivity contribution in [3.05, 3.63) is 175 Å². The molecule has 7 aromatic carbocycles. The van der Waals surface area contributed by atoms with Crippen LogP contribution in [0.1, 0.15) is 11.1 Å². The molecule has 0 aliphatic heterocycles. The van der Waals surface area contributed by atoms with E-state index in [0.717, 1.165) is 49.6 Å². The van der Waals surface area contributed by atoms with Crippen LogP contribution in [0.25, 0.3) is 93.6 Å². The second-order valence-corrected chi connectivity index (χ2v) is 14.5. The summed E-state index contributed by atoms with van der Waals surface area (Å²) in [6.07, 6.45) is 0.961. The summed E-state index contributed by atoms with van der Waals surface area (Å²) in [6, 6.07) is 57.6. The lowest BCUT2D eigenvalue weighted by atomic mass is 10.0. The Hall–Kier alpha value is -6.76. The molecule has 0 radical (unpaired) electrons. The molecule has 0 fully saturated rings. The number of hydrogen-bond donors (Lipinski definition) is 0. The Kier molecular flexibility index (Phi) is 6.72. The summed E-state index contributed by atoms with van der Waals surface area (Å²) in [7, 11) is 0. The topological polar surface area (TPSA) is 56.5 Å². The van der Waals surface area contributed by atoms with Crippen molar-refractivity contribution in [3.63, 3.8) is 0 Å². The van der Waals surface area contributed by atoms with Crippen molar-refractivity contribution in [1.82, 2.24) is 24.5 Å². The van der Waals surface area contributed by atoms with Gasteiger partial charge in [-0.25, -0.2) is 19.9 Å². The molecule has 0 unspecified atom stereocenters. The quantitative estimate of drug-likeness (QED) is 0.180. The van der Waals surface area contributed by atoms with E-state index in [4.69, 9.17) is 19.9 Å². The van der Waals surface area contributed by atoms with Crippen LogP contribution in [-0.2, 0) is 6.42 Å². The molecule has 0 atom stereocenters. The molecule has 248 valence electrons. The summed E-state index contributed by atoms with van der Waals surface area (Å²) in [5.41, 5.74) is 13.8. The summed E-state index contributed by atoms with van der Waals surface area (Å²) in [6.45, 7) is 0. The van der Waals surface area contributed by atoms with Gasteiger partial charge in [0.1, 0.15) is 5.01 Å². The molecule has 5 nitrogen and oxygen atoms in total. The summed E-state index contributed by atoms with van der Waals surface area (Å²) < 4.78 is 3.53. The van der Waals surface area contributed by atoms with Gasteiger partial charge in [0.2, 0.25) is 0 Å². The Morgan fingerprint density at radius 2 is 1.11 bits per heavy atom. The zero-order chi connectivity index (χ0) is 34.9.